The average Bonchev–Trinajstić information content (AvgIpc) is 3.30. The fraction of sp³-hybridized carbons (Fsp3) is 0.444. The Morgan fingerprint density at radius 2 is 1.97 bits per heavy atom. The number of fused-ring (bicyclic) bond motifs is 3. The van der Waals surface area contributed by atoms with Gasteiger partial charge in [0.15, 0.2) is 5.72 Å². The van der Waals surface area contributed by atoms with Crippen molar-refractivity contribution in [3.8, 4) is 0 Å². The van der Waals surface area contributed by atoms with E-state index in [9.17, 15) is 4.79 Å². The van der Waals surface area contributed by atoms with Crippen molar-refractivity contribution in [3.63, 3.8) is 0 Å². The van der Waals surface area contributed by atoms with Gasteiger partial charge in [-0.3, -0.25) is 4.79 Å². The number of nitrogens with zero attached hydrogens (tertiary/aromatic N) is 2. The summed E-state index contributed by atoms with van der Waals surface area (Å²) in [5, 5.41) is 3.05. The molecule has 2 aliphatic heterocycles. The maximum Gasteiger partial charge on any atom is 0.224 e. The second kappa shape index (κ2) is 9.35. The Morgan fingerprint density at radius 3 is 2.67 bits per heavy atom. The lowest BCUT2D eigenvalue weighted by atomic mass is 9.76. The monoisotopic (exact) mass is 463 g/mol. The van der Waals surface area contributed by atoms with Gasteiger partial charge in [0.25, 0.3) is 0 Å². The molecule has 0 aromatic heterocycles. The molecule has 1 amide bonds. The van der Waals surface area contributed by atoms with E-state index in [1.165, 1.54) is 33.2 Å². The number of hydrogen-bond donors (Lipinski definition) is 1. The largest absolute Gasteiger partial charge is 0.378 e. The Labute approximate surface area is 201 Å². The van der Waals surface area contributed by atoms with Crippen molar-refractivity contribution in [2.75, 3.05) is 43.6 Å². The van der Waals surface area contributed by atoms with Crippen LogP contribution in [-0.2, 0) is 21.4 Å². The smallest absolute Gasteiger partial charge is 0.224 e. The molecule has 1 fully saturated rings. The second-order valence-electron chi connectivity index (χ2n) is 9.87. The topological polar surface area (TPSA) is 44.8 Å². The third kappa shape index (κ3) is 4.34. The molecule has 0 bridgehead atoms. The third-order valence-corrected chi connectivity index (χ3v) is 7.79. The van der Waals surface area contributed by atoms with E-state index in [-0.39, 0.29) is 11.3 Å². The molecule has 176 valence electrons. The number of carbonyl (C=O) groups is 1. The van der Waals surface area contributed by atoms with Gasteiger partial charge in [-0.05, 0) is 47.4 Å². The fourth-order valence-corrected chi connectivity index (χ4v) is 5.42. The molecular formula is C27H37N3O2Si. The third-order valence-electron chi connectivity index (χ3n) is 7.09. The van der Waals surface area contributed by atoms with Crippen molar-refractivity contribution in [3.05, 3.63) is 65.2 Å². The van der Waals surface area contributed by atoms with Crippen molar-refractivity contribution >= 4 is 33.6 Å². The summed E-state index contributed by atoms with van der Waals surface area (Å²) in [6, 6.07) is 16.3. The summed E-state index contributed by atoms with van der Waals surface area (Å²) in [7, 11) is 5.29. The number of carbonyl (C=O) groups excluding carboxylic acids is 1. The van der Waals surface area contributed by atoms with Gasteiger partial charge in [0.05, 0.1) is 13.0 Å². The Morgan fingerprint density at radius 1 is 1.21 bits per heavy atom. The average molecular weight is 464 g/mol. The van der Waals surface area contributed by atoms with Crippen LogP contribution in [0.4, 0.5) is 11.4 Å². The molecule has 2 aromatic rings. The van der Waals surface area contributed by atoms with E-state index >= 15 is 0 Å². The van der Waals surface area contributed by atoms with Gasteiger partial charge in [-0.2, -0.15) is 0 Å². The molecule has 1 saturated heterocycles. The summed E-state index contributed by atoms with van der Waals surface area (Å²) < 4.78 is 6.49. The van der Waals surface area contributed by atoms with Crippen molar-refractivity contribution in [2.45, 2.75) is 43.9 Å². The van der Waals surface area contributed by atoms with Gasteiger partial charge in [-0.15, -0.1) is 0 Å². The quantitative estimate of drug-likeness (QED) is 0.483. The zero-order chi connectivity index (χ0) is 23.6. The number of rotatable bonds is 8. The standard InChI is InChI=1S/C27H37N3O2Si/c1-26(2)23-18-21(19-25(31)28-14-5-17-33)8-11-24(23)30-15-16-32-27(26,30)13-12-20-6-9-22(10-7-20)29(3)4/h6-13,18H,5,14-17,19H2,1-4,33H3,(H,28,31)/b13-12+. The lowest BCUT2D eigenvalue weighted by molar-refractivity contribution is -0.120. The molecule has 6 heteroatoms. The van der Waals surface area contributed by atoms with Gasteiger partial charge in [-0.25, -0.2) is 0 Å². The minimum Gasteiger partial charge on any atom is -0.378 e. The van der Waals surface area contributed by atoms with Gasteiger partial charge >= 0.3 is 0 Å². The minimum atomic E-state index is -0.526. The number of nitrogens with one attached hydrogen (secondary N) is 1. The SMILES string of the molecule is CN(C)c1ccc(/C=C/C23OCCN2c2ccc(CC(=O)NCCC[SiH3])cc2C3(C)C)cc1. The lowest BCUT2D eigenvalue weighted by Crippen LogP contribution is -2.51. The van der Waals surface area contributed by atoms with Crippen molar-refractivity contribution in [1.82, 2.24) is 5.32 Å². The highest BCUT2D eigenvalue weighted by molar-refractivity contribution is 6.08. The van der Waals surface area contributed by atoms with Crippen LogP contribution in [0.15, 0.2) is 48.5 Å². The van der Waals surface area contributed by atoms with Crippen LogP contribution in [0.3, 0.4) is 0 Å². The summed E-state index contributed by atoms with van der Waals surface area (Å²) >= 11 is 0. The van der Waals surface area contributed by atoms with Gasteiger partial charge in [0, 0.05) is 54.2 Å². The predicted molar refractivity (Wildman–Crippen MR) is 141 cm³/mol. The van der Waals surface area contributed by atoms with Gasteiger partial charge in [-0.1, -0.05) is 50.2 Å². The number of benzene rings is 2. The van der Waals surface area contributed by atoms with E-state index in [2.05, 4.69) is 97.7 Å². The summed E-state index contributed by atoms with van der Waals surface area (Å²) in [4.78, 5) is 16.9. The van der Waals surface area contributed by atoms with E-state index in [4.69, 9.17) is 4.74 Å². The van der Waals surface area contributed by atoms with E-state index in [1.807, 2.05) is 0 Å². The van der Waals surface area contributed by atoms with Gasteiger partial charge in [0.2, 0.25) is 5.91 Å². The molecule has 0 saturated carbocycles. The maximum atomic E-state index is 12.4. The van der Waals surface area contributed by atoms with E-state index in [1.54, 1.807) is 0 Å². The number of hydrogen-bond acceptors (Lipinski definition) is 4. The lowest BCUT2D eigenvalue weighted by Gasteiger charge is -2.39. The number of ether oxygens (including phenoxy) is 1. The zero-order valence-corrected chi connectivity index (χ0v) is 22.6. The van der Waals surface area contributed by atoms with Crippen LogP contribution in [0.2, 0.25) is 6.04 Å². The highest BCUT2D eigenvalue weighted by Gasteiger charge is 2.59. The zero-order valence-electron chi connectivity index (χ0n) is 20.6. The fourth-order valence-electron chi connectivity index (χ4n) is 5.07. The van der Waals surface area contributed by atoms with Crippen molar-refractivity contribution in [2.24, 2.45) is 0 Å². The van der Waals surface area contributed by atoms with E-state index in [0.29, 0.717) is 13.0 Å². The van der Waals surface area contributed by atoms with Crippen molar-refractivity contribution < 1.29 is 9.53 Å². The molecule has 1 N–H and O–H groups in total. The summed E-state index contributed by atoms with van der Waals surface area (Å²) in [5.41, 5.74) is 5.09. The van der Waals surface area contributed by atoms with Crippen LogP contribution in [0.5, 0.6) is 0 Å². The van der Waals surface area contributed by atoms with Crippen LogP contribution in [0, 0.1) is 0 Å². The first-order valence-electron chi connectivity index (χ1n) is 12.1. The summed E-state index contributed by atoms with van der Waals surface area (Å²) in [6.45, 7) is 6.86. The Bertz CT molecular complexity index is 1030. The van der Waals surface area contributed by atoms with Crippen LogP contribution in [0.25, 0.3) is 6.08 Å². The molecule has 1 unspecified atom stereocenters. The van der Waals surface area contributed by atoms with Gasteiger partial charge < -0.3 is 19.9 Å². The molecular weight excluding hydrogens is 426 g/mol. The van der Waals surface area contributed by atoms with Crippen LogP contribution in [0.1, 0.15) is 37.0 Å². The van der Waals surface area contributed by atoms with E-state index in [0.717, 1.165) is 30.6 Å². The molecule has 1 atom stereocenters. The molecule has 0 aliphatic carbocycles. The Balaban J connectivity index is 1.59. The molecule has 5 nitrogen and oxygen atoms in total. The molecule has 2 aliphatic rings. The molecule has 4 rings (SSSR count). The van der Waals surface area contributed by atoms with Crippen LogP contribution < -0.4 is 15.1 Å². The minimum absolute atomic E-state index is 0.105. The van der Waals surface area contributed by atoms with Gasteiger partial charge in [0.1, 0.15) is 0 Å². The molecule has 2 heterocycles. The summed E-state index contributed by atoms with van der Waals surface area (Å²) in [6.07, 6.45) is 5.90. The Hall–Kier alpha value is -2.57. The number of anilines is 2. The van der Waals surface area contributed by atoms with Crippen molar-refractivity contribution in [1.29, 1.82) is 0 Å². The second-order valence-corrected chi connectivity index (χ2v) is 10.9. The van der Waals surface area contributed by atoms with Crippen LogP contribution >= 0.6 is 0 Å². The number of amides is 1. The molecule has 33 heavy (non-hydrogen) atoms. The van der Waals surface area contributed by atoms with Crippen LogP contribution in [-0.4, -0.2) is 55.7 Å². The first-order chi connectivity index (χ1) is 15.8. The molecule has 2 aromatic carbocycles. The summed E-state index contributed by atoms with van der Waals surface area (Å²) in [5.74, 6) is 0.105. The Kier molecular flexibility index (Phi) is 6.68. The maximum absolute atomic E-state index is 12.4. The molecule has 0 spiro atoms. The first kappa shape index (κ1) is 23.6. The first-order valence-corrected chi connectivity index (χ1v) is 13.5. The molecule has 0 radical (unpaired) electrons. The highest BCUT2D eigenvalue weighted by atomic mass is 28.1. The normalized spacial score (nSPS) is 20.8. The van der Waals surface area contributed by atoms with E-state index < -0.39 is 5.72 Å². The predicted octanol–water partition coefficient (Wildman–Crippen LogP) is 3.12. The highest BCUT2D eigenvalue weighted by Crippen LogP contribution is 2.55.